The standard InChI is InChI=1S/C15H22N2O3/c1-18-13-6-12(7-14-15(13)20-10-19-14)9-17-4-2-11(8-16)3-5-17/h6-7,11H,2-5,8-10,16H2,1H3. The van der Waals surface area contributed by atoms with Gasteiger partial charge in [-0.2, -0.15) is 0 Å². The first-order valence-corrected chi connectivity index (χ1v) is 7.19. The minimum Gasteiger partial charge on any atom is -0.493 e. The molecule has 0 spiro atoms. The number of nitrogens with two attached hydrogens (primary N) is 1. The van der Waals surface area contributed by atoms with Crippen molar-refractivity contribution >= 4 is 0 Å². The molecule has 0 bridgehead atoms. The third kappa shape index (κ3) is 2.69. The molecule has 1 aromatic rings. The van der Waals surface area contributed by atoms with Gasteiger partial charge in [-0.15, -0.1) is 0 Å². The summed E-state index contributed by atoms with van der Waals surface area (Å²) in [6.45, 7) is 4.23. The lowest BCUT2D eigenvalue weighted by atomic mass is 9.97. The van der Waals surface area contributed by atoms with E-state index in [0.29, 0.717) is 5.92 Å². The molecule has 0 atom stereocenters. The van der Waals surface area contributed by atoms with Crippen LogP contribution in [-0.2, 0) is 6.54 Å². The average Bonchev–Trinajstić information content (AvgIpc) is 2.95. The molecule has 2 aliphatic heterocycles. The van der Waals surface area contributed by atoms with Gasteiger partial charge in [-0.25, -0.2) is 0 Å². The van der Waals surface area contributed by atoms with Crippen molar-refractivity contribution in [3.05, 3.63) is 17.7 Å². The fraction of sp³-hybridized carbons (Fsp3) is 0.600. The molecule has 0 aliphatic carbocycles. The molecule has 0 unspecified atom stereocenters. The minimum atomic E-state index is 0.275. The van der Waals surface area contributed by atoms with Crippen LogP contribution in [0, 0.1) is 5.92 Å². The van der Waals surface area contributed by atoms with Crippen molar-refractivity contribution in [2.75, 3.05) is 33.5 Å². The van der Waals surface area contributed by atoms with Crippen LogP contribution >= 0.6 is 0 Å². The van der Waals surface area contributed by atoms with E-state index in [0.717, 1.165) is 43.4 Å². The van der Waals surface area contributed by atoms with Crippen molar-refractivity contribution in [2.45, 2.75) is 19.4 Å². The minimum absolute atomic E-state index is 0.275. The van der Waals surface area contributed by atoms with Crippen LogP contribution in [0.15, 0.2) is 12.1 Å². The van der Waals surface area contributed by atoms with Crippen LogP contribution in [0.5, 0.6) is 17.2 Å². The van der Waals surface area contributed by atoms with Gasteiger partial charge in [0.2, 0.25) is 12.5 Å². The maximum absolute atomic E-state index is 5.74. The molecular weight excluding hydrogens is 256 g/mol. The number of hydrogen-bond donors (Lipinski definition) is 1. The van der Waals surface area contributed by atoms with Crippen LogP contribution in [0.25, 0.3) is 0 Å². The number of rotatable bonds is 4. The lowest BCUT2D eigenvalue weighted by molar-refractivity contribution is 0.171. The lowest BCUT2D eigenvalue weighted by Crippen LogP contribution is -2.35. The molecule has 110 valence electrons. The fourth-order valence-corrected chi connectivity index (χ4v) is 2.91. The summed E-state index contributed by atoms with van der Waals surface area (Å²) in [6, 6.07) is 4.10. The maximum Gasteiger partial charge on any atom is 0.231 e. The van der Waals surface area contributed by atoms with Gasteiger partial charge in [0.25, 0.3) is 0 Å². The number of benzene rings is 1. The summed E-state index contributed by atoms with van der Waals surface area (Å²) < 4.78 is 16.3. The average molecular weight is 278 g/mol. The number of ether oxygens (including phenoxy) is 3. The molecule has 0 amide bonds. The Morgan fingerprint density at radius 3 is 2.80 bits per heavy atom. The van der Waals surface area contributed by atoms with E-state index in [1.54, 1.807) is 7.11 Å². The molecule has 2 aliphatic rings. The molecular formula is C15H22N2O3. The van der Waals surface area contributed by atoms with E-state index < -0.39 is 0 Å². The van der Waals surface area contributed by atoms with Gasteiger partial charge in [-0.1, -0.05) is 0 Å². The van der Waals surface area contributed by atoms with Crippen LogP contribution in [0.1, 0.15) is 18.4 Å². The number of nitrogens with zero attached hydrogens (tertiary/aromatic N) is 1. The van der Waals surface area contributed by atoms with Gasteiger partial charge in [-0.05, 0) is 56.1 Å². The van der Waals surface area contributed by atoms with Crippen LogP contribution in [-0.4, -0.2) is 38.4 Å². The van der Waals surface area contributed by atoms with Crippen molar-refractivity contribution in [3.63, 3.8) is 0 Å². The second-order valence-electron chi connectivity index (χ2n) is 5.49. The van der Waals surface area contributed by atoms with E-state index in [-0.39, 0.29) is 6.79 Å². The summed E-state index contributed by atoms with van der Waals surface area (Å²) in [6.07, 6.45) is 2.39. The fourth-order valence-electron chi connectivity index (χ4n) is 2.91. The van der Waals surface area contributed by atoms with Crippen molar-refractivity contribution in [2.24, 2.45) is 11.7 Å². The zero-order valence-corrected chi connectivity index (χ0v) is 11.9. The Labute approximate surface area is 119 Å². The molecule has 2 heterocycles. The number of fused-ring (bicyclic) bond motifs is 1. The van der Waals surface area contributed by atoms with E-state index >= 15 is 0 Å². The molecule has 2 N–H and O–H groups in total. The Bertz CT molecular complexity index is 470. The molecule has 1 saturated heterocycles. The highest BCUT2D eigenvalue weighted by Gasteiger charge is 2.22. The number of hydrogen-bond acceptors (Lipinski definition) is 5. The molecule has 3 rings (SSSR count). The highest BCUT2D eigenvalue weighted by Crippen LogP contribution is 2.42. The summed E-state index contributed by atoms with van der Waals surface area (Å²) in [5.74, 6) is 2.96. The largest absolute Gasteiger partial charge is 0.493 e. The van der Waals surface area contributed by atoms with Gasteiger partial charge in [0.05, 0.1) is 7.11 Å². The van der Waals surface area contributed by atoms with Crippen LogP contribution in [0.4, 0.5) is 0 Å². The van der Waals surface area contributed by atoms with E-state index in [1.165, 1.54) is 18.4 Å². The van der Waals surface area contributed by atoms with E-state index in [1.807, 2.05) is 6.07 Å². The van der Waals surface area contributed by atoms with Gasteiger partial charge in [0, 0.05) is 6.54 Å². The van der Waals surface area contributed by atoms with E-state index in [9.17, 15) is 0 Å². The monoisotopic (exact) mass is 278 g/mol. The quantitative estimate of drug-likeness (QED) is 0.906. The summed E-state index contributed by atoms with van der Waals surface area (Å²) in [5.41, 5.74) is 6.94. The molecule has 5 heteroatoms. The smallest absolute Gasteiger partial charge is 0.231 e. The number of piperidine rings is 1. The SMILES string of the molecule is COc1cc(CN2CCC(CN)CC2)cc2c1OCO2. The Kier molecular flexibility index (Phi) is 3.98. The second-order valence-corrected chi connectivity index (χ2v) is 5.49. The molecule has 1 aromatic carbocycles. The van der Waals surface area contributed by atoms with Crippen LogP contribution in [0.3, 0.4) is 0 Å². The zero-order valence-electron chi connectivity index (χ0n) is 11.9. The highest BCUT2D eigenvalue weighted by molar-refractivity contribution is 5.55. The second kappa shape index (κ2) is 5.89. The summed E-state index contributed by atoms with van der Waals surface area (Å²) >= 11 is 0. The van der Waals surface area contributed by atoms with Crippen LogP contribution < -0.4 is 19.9 Å². The van der Waals surface area contributed by atoms with Crippen molar-refractivity contribution in [1.29, 1.82) is 0 Å². The summed E-state index contributed by atoms with van der Waals surface area (Å²) in [7, 11) is 1.66. The van der Waals surface area contributed by atoms with Gasteiger partial charge in [0.15, 0.2) is 11.5 Å². The van der Waals surface area contributed by atoms with Crippen molar-refractivity contribution < 1.29 is 14.2 Å². The first kappa shape index (κ1) is 13.5. The molecule has 0 aromatic heterocycles. The molecule has 5 nitrogen and oxygen atoms in total. The first-order chi connectivity index (χ1) is 9.80. The van der Waals surface area contributed by atoms with E-state index in [4.69, 9.17) is 19.9 Å². The third-order valence-corrected chi connectivity index (χ3v) is 4.16. The van der Waals surface area contributed by atoms with Crippen molar-refractivity contribution in [1.82, 2.24) is 4.90 Å². The summed E-state index contributed by atoms with van der Waals surface area (Å²) in [4.78, 5) is 2.46. The topological polar surface area (TPSA) is 57.0 Å². The van der Waals surface area contributed by atoms with Gasteiger partial charge >= 0.3 is 0 Å². The molecule has 1 fully saturated rings. The normalized spacial score (nSPS) is 19.3. The Hall–Kier alpha value is -1.46. The van der Waals surface area contributed by atoms with Gasteiger partial charge in [-0.3, -0.25) is 4.90 Å². The lowest BCUT2D eigenvalue weighted by Gasteiger charge is -2.31. The molecule has 20 heavy (non-hydrogen) atoms. The Morgan fingerprint density at radius 1 is 1.30 bits per heavy atom. The molecule has 0 radical (unpaired) electrons. The molecule has 0 saturated carbocycles. The Balaban J connectivity index is 1.69. The van der Waals surface area contributed by atoms with Gasteiger partial charge in [0.1, 0.15) is 0 Å². The summed E-state index contributed by atoms with van der Waals surface area (Å²) in [5, 5.41) is 0. The van der Waals surface area contributed by atoms with Crippen LogP contribution in [0.2, 0.25) is 0 Å². The maximum atomic E-state index is 5.74. The first-order valence-electron chi connectivity index (χ1n) is 7.19. The third-order valence-electron chi connectivity index (χ3n) is 4.16. The predicted molar refractivity (Wildman–Crippen MR) is 76.2 cm³/mol. The zero-order chi connectivity index (χ0) is 13.9. The number of methoxy groups -OCH3 is 1. The Morgan fingerprint density at radius 2 is 2.10 bits per heavy atom. The number of likely N-dealkylation sites (tertiary alicyclic amines) is 1. The van der Waals surface area contributed by atoms with E-state index in [2.05, 4.69) is 11.0 Å². The van der Waals surface area contributed by atoms with Crippen molar-refractivity contribution in [3.8, 4) is 17.2 Å². The highest BCUT2D eigenvalue weighted by atomic mass is 16.7. The van der Waals surface area contributed by atoms with Gasteiger partial charge < -0.3 is 19.9 Å². The predicted octanol–water partition coefficient (Wildman–Crippen LogP) is 1.59.